The van der Waals surface area contributed by atoms with Crippen LogP contribution in [0.3, 0.4) is 0 Å². The number of carbonyl (C=O) groups is 2. The van der Waals surface area contributed by atoms with Gasteiger partial charge in [-0.05, 0) is 26.2 Å². The van der Waals surface area contributed by atoms with Gasteiger partial charge in [0.2, 0.25) is 5.91 Å². The van der Waals surface area contributed by atoms with E-state index in [1.807, 2.05) is 26.8 Å². The molecule has 4 heteroatoms. The number of nitrogens with one attached hydrogen (secondary N) is 1. The van der Waals surface area contributed by atoms with Gasteiger partial charge in [0.15, 0.2) is 0 Å². The molecule has 0 aliphatic rings. The van der Waals surface area contributed by atoms with Crippen molar-refractivity contribution in [1.82, 2.24) is 5.32 Å². The van der Waals surface area contributed by atoms with E-state index in [-0.39, 0.29) is 11.9 Å². The van der Waals surface area contributed by atoms with Gasteiger partial charge in [-0.1, -0.05) is 32.1 Å². The van der Waals surface area contributed by atoms with E-state index in [4.69, 9.17) is 4.74 Å². The molecule has 0 fully saturated rings. The molecular formula is C14H23NO3. The summed E-state index contributed by atoms with van der Waals surface area (Å²) >= 11 is 0. The maximum atomic E-state index is 11.7. The van der Waals surface area contributed by atoms with Gasteiger partial charge in [-0.2, -0.15) is 0 Å². The molecule has 1 amide bonds. The zero-order chi connectivity index (χ0) is 14.0. The van der Waals surface area contributed by atoms with Crippen molar-refractivity contribution in [3.8, 4) is 0 Å². The van der Waals surface area contributed by atoms with Crippen LogP contribution < -0.4 is 5.32 Å². The minimum atomic E-state index is -0.576. The number of esters is 1. The molecule has 0 rings (SSSR count). The van der Waals surface area contributed by atoms with Crippen molar-refractivity contribution in [3.63, 3.8) is 0 Å². The zero-order valence-electron chi connectivity index (χ0n) is 11.6. The number of hydrogen-bond acceptors (Lipinski definition) is 3. The van der Waals surface area contributed by atoms with Gasteiger partial charge < -0.3 is 10.1 Å². The summed E-state index contributed by atoms with van der Waals surface area (Å²) in [4.78, 5) is 23.2. The van der Waals surface area contributed by atoms with Gasteiger partial charge in [0.25, 0.3) is 0 Å². The largest absolute Gasteiger partial charge is 0.464 e. The number of amides is 1. The number of ether oxygens (including phenoxy) is 1. The van der Waals surface area contributed by atoms with Gasteiger partial charge >= 0.3 is 5.97 Å². The van der Waals surface area contributed by atoms with Gasteiger partial charge in [-0.25, -0.2) is 4.79 Å². The summed E-state index contributed by atoms with van der Waals surface area (Å²) in [6.45, 7) is 7.92. The minimum absolute atomic E-state index is 0.285. The van der Waals surface area contributed by atoms with E-state index in [9.17, 15) is 9.59 Å². The molecule has 18 heavy (non-hydrogen) atoms. The van der Waals surface area contributed by atoms with Crippen LogP contribution in [0.25, 0.3) is 0 Å². The molecule has 0 radical (unpaired) electrons. The second kappa shape index (κ2) is 9.45. The Kier molecular flexibility index (Phi) is 8.62. The molecule has 1 N–H and O–H groups in total. The highest BCUT2D eigenvalue weighted by atomic mass is 16.5. The number of hydrogen-bond donors (Lipinski definition) is 1. The van der Waals surface area contributed by atoms with Crippen molar-refractivity contribution in [2.75, 3.05) is 6.61 Å². The summed E-state index contributed by atoms with van der Waals surface area (Å²) < 4.78 is 4.94. The summed E-state index contributed by atoms with van der Waals surface area (Å²) in [7, 11) is 0. The molecule has 0 saturated heterocycles. The van der Waals surface area contributed by atoms with Gasteiger partial charge in [-0.3, -0.25) is 4.79 Å². The summed E-state index contributed by atoms with van der Waals surface area (Å²) in [5.74, 6) is -0.356. The van der Waals surface area contributed by atoms with E-state index in [1.54, 1.807) is 19.1 Å². The molecular weight excluding hydrogens is 230 g/mol. The molecule has 0 heterocycles. The normalized spacial score (nSPS) is 13.2. The topological polar surface area (TPSA) is 55.4 Å². The highest BCUT2D eigenvalue weighted by molar-refractivity contribution is 5.91. The van der Waals surface area contributed by atoms with Crippen molar-refractivity contribution >= 4 is 11.9 Å². The number of rotatable bonds is 7. The van der Waals surface area contributed by atoms with Gasteiger partial charge in [0.05, 0.1) is 6.61 Å². The molecule has 0 bridgehead atoms. The molecule has 0 unspecified atom stereocenters. The fourth-order valence-corrected chi connectivity index (χ4v) is 1.40. The summed E-state index contributed by atoms with van der Waals surface area (Å²) in [5, 5.41) is 2.66. The summed E-state index contributed by atoms with van der Waals surface area (Å²) in [5.41, 5.74) is 0. The van der Waals surface area contributed by atoms with E-state index in [1.165, 1.54) is 6.08 Å². The van der Waals surface area contributed by atoms with E-state index in [2.05, 4.69) is 5.32 Å². The van der Waals surface area contributed by atoms with Crippen molar-refractivity contribution in [1.29, 1.82) is 0 Å². The molecule has 4 nitrogen and oxygen atoms in total. The Hall–Kier alpha value is -1.58. The van der Waals surface area contributed by atoms with E-state index < -0.39 is 6.04 Å². The van der Waals surface area contributed by atoms with Crippen LogP contribution in [0, 0.1) is 5.92 Å². The minimum Gasteiger partial charge on any atom is -0.464 e. The van der Waals surface area contributed by atoms with Crippen LogP contribution >= 0.6 is 0 Å². The fourth-order valence-electron chi connectivity index (χ4n) is 1.40. The maximum absolute atomic E-state index is 11.7. The molecule has 0 aliphatic carbocycles. The van der Waals surface area contributed by atoms with Crippen LogP contribution in [0.2, 0.25) is 0 Å². The van der Waals surface area contributed by atoms with Crippen LogP contribution in [-0.4, -0.2) is 24.5 Å². The molecule has 0 aromatic rings. The quantitative estimate of drug-likeness (QED) is 0.430. The lowest BCUT2D eigenvalue weighted by molar-refractivity contribution is -0.147. The molecule has 0 aromatic heterocycles. The molecule has 0 aliphatic heterocycles. The Morgan fingerprint density at radius 1 is 1.28 bits per heavy atom. The summed E-state index contributed by atoms with van der Waals surface area (Å²) in [6.07, 6.45) is 7.17. The first-order chi connectivity index (χ1) is 8.51. The fraction of sp³-hybridized carbons (Fsp3) is 0.571. The summed E-state index contributed by atoms with van der Waals surface area (Å²) in [6, 6.07) is -0.576. The third kappa shape index (κ3) is 7.65. The predicted octanol–water partition coefficient (Wildman–Crippen LogP) is 2.21. The van der Waals surface area contributed by atoms with Gasteiger partial charge in [0, 0.05) is 6.08 Å². The maximum Gasteiger partial charge on any atom is 0.328 e. The molecule has 0 aromatic carbocycles. The SMILES string of the molecule is C/C=C/C=C/C(=O)N[C@@H](CC(C)C)C(=O)OCC. The Balaban J connectivity index is 4.48. The molecule has 0 saturated carbocycles. The van der Waals surface area contributed by atoms with E-state index in [0.29, 0.717) is 18.9 Å². The average molecular weight is 253 g/mol. The molecule has 0 spiro atoms. The lowest BCUT2D eigenvalue weighted by Crippen LogP contribution is -2.42. The van der Waals surface area contributed by atoms with E-state index in [0.717, 1.165) is 0 Å². The second-order valence-electron chi connectivity index (χ2n) is 4.33. The average Bonchev–Trinajstić information content (AvgIpc) is 2.28. The van der Waals surface area contributed by atoms with E-state index >= 15 is 0 Å². The lowest BCUT2D eigenvalue weighted by Gasteiger charge is -2.18. The van der Waals surface area contributed by atoms with Crippen molar-refractivity contribution in [3.05, 3.63) is 24.3 Å². The highest BCUT2D eigenvalue weighted by Gasteiger charge is 2.21. The smallest absolute Gasteiger partial charge is 0.328 e. The third-order valence-electron chi connectivity index (χ3n) is 2.15. The molecule has 1 atom stereocenters. The van der Waals surface area contributed by atoms with Crippen molar-refractivity contribution in [2.45, 2.75) is 40.2 Å². The van der Waals surface area contributed by atoms with Crippen LogP contribution in [0.5, 0.6) is 0 Å². The number of carbonyl (C=O) groups excluding carboxylic acids is 2. The van der Waals surface area contributed by atoms with Crippen molar-refractivity contribution in [2.24, 2.45) is 5.92 Å². The Morgan fingerprint density at radius 3 is 2.44 bits per heavy atom. The Morgan fingerprint density at radius 2 is 1.94 bits per heavy atom. The van der Waals surface area contributed by atoms with Crippen LogP contribution in [0.4, 0.5) is 0 Å². The highest BCUT2D eigenvalue weighted by Crippen LogP contribution is 2.06. The standard InChI is InChI=1S/C14H23NO3/c1-5-7-8-9-13(16)15-12(10-11(3)4)14(17)18-6-2/h5,7-9,11-12H,6,10H2,1-4H3,(H,15,16)/b7-5+,9-8+/t12-/m0/s1. The van der Waals surface area contributed by atoms with Crippen LogP contribution in [0.15, 0.2) is 24.3 Å². The van der Waals surface area contributed by atoms with Crippen LogP contribution in [0.1, 0.15) is 34.1 Å². The zero-order valence-corrected chi connectivity index (χ0v) is 11.6. The first-order valence-corrected chi connectivity index (χ1v) is 6.27. The number of allylic oxidation sites excluding steroid dienone is 3. The van der Waals surface area contributed by atoms with Gasteiger partial charge in [0.1, 0.15) is 6.04 Å². The van der Waals surface area contributed by atoms with Crippen LogP contribution in [-0.2, 0) is 14.3 Å². The first-order valence-electron chi connectivity index (χ1n) is 6.27. The second-order valence-corrected chi connectivity index (χ2v) is 4.33. The predicted molar refractivity (Wildman–Crippen MR) is 72.0 cm³/mol. The molecule has 102 valence electrons. The Bertz CT molecular complexity index is 319. The monoisotopic (exact) mass is 253 g/mol. The van der Waals surface area contributed by atoms with Gasteiger partial charge in [-0.15, -0.1) is 0 Å². The van der Waals surface area contributed by atoms with Crippen molar-refractivity contribution < 1.29 is 14.3 Å². The lowest BCUT2D eigenvalue weighted by atomic mass is 10.0. The first kappa shape index (κ1) is 16.4. The third-order valence-corrected chi connectivity index (χ3v) is 2.15. The Labute approximate surface area is 109 Å².